The maximum atomic E-state index is 11.9. The summed E-state index contributed by atoms with van der Waals surface area (Å²) in [5.74, 6) is -1.35. The Morgan fingerprint density at radius 1 is 1.50 bits per heavy atom. The molecule has 20 heavy (non-hydrogen) atoms. The van der Waals surface area contributed by atoms with Crippen molar-refractivity contribution >= 4 is 5.97 Å². The van der Waals surface area contributed by atoms with Gasteiger partial charge in [0, 0.05) is 12.3 Å². The van der Waals surface area contributed by atoms with Gasteiger partial charge in [-0.25, -0.2) is 4.79 Å². The van der Waals surface area contributed by atoms with Gasteiger partial charge in [-0.1, -0.05) is 13.3 Å². The van der Waals surface area contributed by atoms with Crippen LogP contribution in [0.4, 0.5) is 0 Å². The normalized spacial score (nSPS) is 15.9. The van der Waals surface area contributed by atoms with Crippen molar-refractivity contribution in [1.82, 2.24) is 4.57 Å². The number of carbonyl (C=O) groups is 1. The fourth-order valence-corrected chi connectivity index (χ4v) is 2.19. The van der Waals surface area contributed by atoms with E-state index in [1.54, 1.807) is 0 Å². The molecule has 2 rings (SSSR count). The number of unbranched alkanes of at least 4 members (excludes halogenated alkanes) is 1. The number of hydrogen-bond donors (Lipinski definition) is 2. The van der Waals surface area contributed by atoms with E-state index in [9.17, 15) is 19.8 Å². The van der Waals surface area contributed by atoms with Gasteiger partial charge in [-0.3, -0.25) is 4.79 Å². The molecule has 2 N–H and O–H groups in total. The molecule has 1 aromatic rings. The summed E-state index contributed by atoms with van der Waals surface area (Å²) in [5.41, 5.74) is -1.20. The average molecular weight is 281 g/mol. The third-order valence-corrected chi connectivity index (χ3v) is 3.63. The number of aliphatic hydroxyl groups excluding tert-OH is 1. The molecule has 6 heteroatoms. The number of pyridine rings is 1. The minimum absolute atomic E-state index is 0.131. The second kappa shape index (κ2) is 5.66. The van der Waals surface area contributed by atoms with E-state index in [4.69, 9.17) is 4.74 Å². The molecule has 6 nitrogen and oxygen atoms in total. The SMILES string of the molecule is CCCCOc1c(C(=O)O)n(C2(CO)CC2)ccc1=O. The fraction of sp³-hybridized carbons (Fsp3) is 0.571. The summed E-state index contributed by atoms with van der Waals surface area (Å²) in [6.45, 7) is 2.14. The van der Waals surface area contributed by atoms with Crippen LogP contribution < -0.4 is 10.2 Å². The monoisotopic (exact) mass is 281 g/mol. The van der Waals surface area contributed by atoms with Gasteiger partial charge in [0.05, 0.1) is 18.8 Å². The van der Waals surface area contributed by atoms with Crippen LogP contribution in [0.2, 0.25) is 0 Å². The Labute approximate surface area is 116 Å². The number of rotatable bonds is 7. The molecule has 0 aromatic carbocycles. The minimum Gasteiger partial charge on any atom is -0.487 e. The molecule has 0 amide bonds. The van der Waals surface area contributed by atoms with E-state index in [1.807, 2.05) is 6.92 Å². The van der Waals surface area contributed by atoms with Gasteiger partial charge in [-0.2, -0.15) is 0 Å². The Balaban J connectivity index is 2.46. The smallest absolute Gasteiger partial charge is 0.356 e. The number of carboxylic acids is 1. The molecule has 0 atom stereocenters. The van der Waals surface area contributed by atoms with E-state index in [1.165, 1.54) is 16.8 Å². The summed E-state index contributed by atoms with van der Waals surface area (Å²) < 4.78 is 6.85. The Morgan fingerprint density at radius 2 is 2.20 bits per heavy atom. The third-order valence-electron chi connectivity index (χ3n) is 3.63. The maximum absolute atomic E-state index is 11.9. The second-order valence-electron chi connectivity index (χ2n) is 5.12. The molecular weight excluding hydrogens is 262 g/mol. The van der Waals surface area contributed by atoms with Crippen molar-refractivity contribution in [3.05, 3.63) is 28.2 Å². The summed E-state index contributed by atoms with van der Waals surface area (Å²) >= 11 is 0. The highest BCUT2D eigenvalue weighted by Crippen LogP contribution is 2.44. The molecule has 0 aliphatic heterocycles. The zero-order chi connectivity index (χ0) is 14.8. The topological polar surface area (TPSA) is 88.8 Å². The van der Waals surface area contributed by atoms with E-state index < -0.39 is 16.9 Å². The minimum atomic E-state index is -1.21. The summed E-state index contributed by atoms with van der Waals surface area (Å²) in [6.07, 6.45) is 4.46. The summed E-state index contributed by atoms with van der Waals surface area (Å²) in [6, 6.07) is 1.30. The van der Waals surface area contributed by atoms with Crippen LogP contribution in [0.5, 0.6) is 5.75 Å². The Morgan fingerprint density at radius 3 is 2.70 bits per heavy atom. The number of ether oxygens (including phenoxy) is 1. The first kappa shape index (κ1) is 14.6. The standard InChI is InChI=1S/C14H19NO5/c1-2-3-8-20-12-10(17)4-7-15(11(12)13(18)19)14(9-16)5-6-14/h4,7,16H,2-3,5-6,8-9H2,1H3,(H,18,19). The molecular formula is C14H19NO5. The highest BCUT2D eigenvalue weighted by Gasteiger charge is 2.46. The Hall–Kier alpha value is -1.82. The van der Waals surface area contributed by atoms with Crippen molar-refractivity contribution < 1.29 is 19.7 Å². The lowest BCUT2D eigenvalue weighted by Gasteiger charge is -2.21. The molecule has 0 radical (unpaired) electrons. The van der Waals surface area contributed by atoms with Crippen LogP contribution in [0.15, 0.2) is 17.1 Å². The van der Waals surface area contributed by atoms with Crippen molar-refractivity contribution in [3.8, 4) is 5.75 Å². The Kier molecular flexibility index (Phi) is 4.13. The van der Waals surface area contributed by atoms with Crippen molar-refractivity contribution in [2.75, 3.05) is 13.2 Å². The highest BCUT2D eigenvalue weighted by atomic mass is 16.5. The van der Waals surface area contributed by atoms with Gasteiger partial charge in [0.1, 0.15) is 0 Å². The predicted octanol–water partition coefficient (Wildman–Crippen LogP) is 1.21. The zero-order valence-corrected chi connectivity index (χ0v) is 11.5. The van der Waals surface area contributed by atoms with Gasteiger partial charge in [0.25, 0.3) is 0 Å². The largest absolute Gasteiger partial charge is 0.487 e. The molecule has 1 heterocycles. The summed E-state index contributed by atoms with van der Waals surface area (Å²) in [7, 11) is 0. The molecule has 0 bridgehead atoms. The van der Waals surface area contributed by atoms with Crippen molar-refractivity contribution in [2.45, 2.75) is 38.1 Å². The van der Waals surface area contributed by atoms with Gasteiger partial charge in [0.2, 0.25) is 5.43 Å². The lowest BCUT2D eigenvalue weighted by Crippen LogP contribution is -2.29. The van der Waals surface area contributed by atoms with Gasteiger partial charge in [-0.05, 0) is 19.3 Å². The van der Waals surface area contributed by atoms with Crippen LogP contribution >= 0.6 is 0 Å². The van der Waals surface area contributed by atoms with Gasteiger partial charge >= 0.3 is 5.97 Å². The maximum Gasteiger partial charge on any atom is 0.356 e. The van der Waals surface area contributed by atoms with Gasteiger partial charge < -0.3 is 19.5 Å². The molecule has 0 spiro atoms. The lowest BCUT2D eigenvalue weighted by molar-refractivity contribution is 0.0669. The molecule has 0 saturated heterocycles. The number of aliphatic hydroxyl groups is 1. The molecule has 1 aliphatic rings. The first-order chi connectivity index (χ1) is 9.55. The van der Waals surface area contributed by atoms with E-state index >= 15 is 0 Å². The molecule has 0 unspecified atom stereocenters. The zero-order valence-electron chi connectivity index (χ0n) is 11.5. The number of aromatic carboxylic acids is 1. The molecule has 1 saturated carbocycles. The van der Waals surface area contributed by atoms with Crippen molar-refractivity contribution in [1.29, 1.82) is 0 Å². The van der Waals surface area contributed by atoms with Crippen LogP contribution in [0.1, 0.15) is 43.1 Å². The van der Waals surface area contributed by atoms with Crippen LogP contribution in [0.25, 0.3) is 0 Å². The average Bonchev–Trinajstić information content (AvgIpc) is 3.21. The summed E-state index contributed by atoms with van der Waals surface area (Å²) in [4.78, 5) is 23.4. The van der Waals surface area contributed by atoms with E-state index in [2.05, 4.69) is 0 Å². The number of hydrogen-bond acceptors (Lipinski definition) is 4. The van der Waals surface area contributed by atoms with Crippen molar-refractivity contribution in [3.63, 3.8) is 0 Å². The van der Waals surface area contributed by atoms with Crippen LogP contribution in [0.3, 0.4) is 0 Å². The molecule has 1 aromatic heterocycles. The fourth-order valence-electron chi connectivity index (χ4n) is 2.19. The van der Waals surface area contributed by atoms with E-state index in [0.717, 1.165) is 12.8 Å². The number of aromatic nitrogens is 1. The summed E-state index contributed by atoms with van der Waals surface area (Å²) in [5, 5.41) is 18.9. The van der Waals surface area contributed by atoms with Gasteiger partial charge in [-0.15, -0.1) is 0 Å². The molecule has 1 fully saturated rings. The van der Waals surface area contributed by atoms with Crippen LogP contribution in [-0.4, -0.2) is 34.0 Å². The first-order valence-electron chi connectivity index (χ1n) is 6.79. The quantitative estimate of drug-likeness (QED) is 0.733. The molecule has 1 aliphatic carbocycles. The number of carboxylic acid groups (broad SMARTS) is 1. The van der Waals surface area contributed by atoms with Gasteiger partial charge in [0.15, 0.2) is 11.4 Å². The third kappa shape index (κ3) is 2.56. The van der Waals surface area contributed by atoms with Crippen molar-refractivity contribution in [2.24, 2.45) is 0 Å². The molecule has 110 valence electrons. The van der Waals surface area contributed by atoms with E-state index in [0.29, 0.717) is 19.4 Å². The van der Waals surface area contributed by atoms with E-state index in [-0.39, 0.29) is 18.1 Å². The highest BCUT2D eigenvalue weighted by molar-refractivity contribution is 5.89. The Bertz CT molecular complexity index is 559. The second-order valence-corrected chi connectivity index (χ2v) is 5.12. The predicted molar refractivity (Wildman–Crippen MR) is 72.4 cm³/mol. The first-order valence-corrected chi connectivity index (χ1v) is 6.79. The lowest BCUT2D eigenvalue weighted by atomic mass is 10.2. The number of nitrogens with zero attached hydrogens (tertiary/aromatic N) is 1. The van der Waals surface area contributed by atoms with Crippen LogP contribution in [-0.2, 0) is 5.54 Å². The van der Waals surface area contributed by atoms with Crippen LogP contribution in [0, 0.1) is 0 Å².